The standard InChI is InChI=1S/C23H43N3O4.Na/c1-3-5-15-18-24-23(30)25-19-16-13-11-9-7-6-8-10-12-14-17-21(27)26-20(4-2)22(28)29;/h7,9,20H,3-6,8,10-19H2,1-2H3,(H,26,27)(H,28,29)(H2,24,25,30);/q;+1/p-1/b9-7-;. The number of carboxylic acids is 1. The van der Waals surface area contributed by atoms with Gasteiger partial charge in [-0.3, -0.25) is 4.79 Å². The summed E-state index contributed by atoms with van der Waals surface area (Å²) in [5.74, 6) is -1.44. The Morgan fingerprint density at radius 3 is 1.90 bits per heavy atom. The first-order valence-corrected chi connectivity index (χ1v) is 11.7. The number of carbonyl (C=O) groups is 3. The third-order valence-electron chi connectivity index (χ3n) is 4.87. The number of allylic oxidation sites excluding steroid dienone is 2. The van der Waals surface area contributed by atoms with Crippen molar-refractivity contribution in [1.82, 2.24) is 16.0 Å². The van der Waals surface area contributed by atoms with Crippen LogP contribution < -0.4 is 50.6 Å². The van der Waals surface area contributed by atoms with Gasteiger partial charge in [-0.15, -0.1) is 0 Å². The number of aliphatic carboxylic acids is 1. The van der Waals surface area contributed by atoms with Crippen LogP contribution in [0.3, 0.4) is 0 Å². The minimum absolute atomic E-state index is 0. The van der Waals surface area contributed by atoms with Gasteiger partial charge in [0, 0.05) is 19.5 Å². The van der Waals surface area contributed by atoms with Crippen molar-refractivity contribution < 1.29 is 49.0 Å². The number of unbranched alkanes of at least 4 members (excludes halogenated alkanes) is 8. The normalized spacial score (nSPS) is 11.5. The second kappa shape index (κ2) is 23.6. The smallest absolute Gasteiger partial charge is 0.548 e. The summed E-state index contributed by atoms with van der Waals surface area (Å²) in [6.45, 7) is 5.31. The maximum Gasteiger partial charge on any atom is 1.00 e. The minimum Gasteiger partial charge on any atom is -0.548 e. The number of carbonyl (C=O) groups excluding carboxylic acids is 3. The van der Waals surface area contributed by atoms with E-state index in [9.17, 15) is 19.5 Å². The molecule has 174 valence electrons. The van der Waals surface area contributed by atoms with Crippen LogP contribution in [-0.4, -0.2) is 37.0 Å². The molecule has 0 aromatic heterocycles. The molecule has 0 saturated carbocycles. The van der Waals surface area contributed by atoms with E-state index >= 15 is 0 Å². The molecule has 7 nitrogen and oxygen atoms in total. The molecular formula is C23H42N3NaO4. The van der Waals surface area contributed by atoms with Crippen molar-refractivity contribution in [1.29, 1.82) is 0 Å². The Bertz CT molecular complexity index is 501. The molecule has 0 aliphatic carbocycles. The van der Waals surface area contributed by atoms with Crippen LogP contribution in [0.25, 0.3) is 0 Å². The summed E-state index contributed by atoms with van der Waals surface area (Å²) in [6, 6.07) is -0.950. The van der Waals surface area contributed by atoms with E-state index in [0.29, 0.717) is 19.4 Å². The molecule has 0 aromatic carbocycles. The Labute approximate surface area is 210 Å². The summed E-state index contributed by atoms with van der Waals surface area (Å²) in [5, 5.41) is 19.0. The number of carboxylic acid groups (broad SMARTS) is 1. The first kappa shape index (κ1) is 32.1. The Balaban J connectivity index is 0. The second-order valence-electron chi connectivity index (χ2n) is 7.66. The van der Waals surface area contributed by atoms with E-state index in [-0.39, 0.29) is 41.5 Å². The number of rotatable bonds is 19. The minimum atomic E-state index is -1.22. The molecule has 0 rings (SSSR count). The maximum absolute atomic E-state index is 11.7. The molecule has 0 aromatic rings. The fourth-order valence-electron chi connectivity index (χ4n) is 2.96. The van der Waals surface area contributed by atoms with E-state index in [4.69, 9.17) is 0 Å². The molecule has 0 bridgehead atoms. The number of urea groups is 1. The van der Waals surface area contributed by atoms with E-state index < -0.39 is 12.0 Å². The molecular weight excluding hydrogens is 405 g/mol. The SMILES string of the molecule is CCCCCNC(=O)NCCCC/C=C\CCCCCCC(=O)NC(CC)C(=O)[O-].[Na+]. The van der Waals surface area contributed by atoms with Crippen LogP contribution in [0.5, 0.6) is 0 Å². The van der Waals surface area contributed by atoms with Gasteiger partial charge in [0.15, 0.2) is 0 Å². The first-order valence-electron chi connectivity index (χ1n) is 11.7. The van der Waals surface area contributed by atoms with Crippen LogP contribution in [0.4, 0.5) is 4.79 Å². The molecule has 0 heterocycles. The molecule has 0 radical (unpaired) electrons. The molecule has 0 aliphatic heterocycles. The Morgan fingerprint density at radius 2 is 1.35 bits per heavy atom. The van der Waals surface area contributed by atoms with Crippen molar-refractivity contribution in [3.63, 3.8) is 0 Å². The molecule has 1 atom stereocenters. The van der Waals surface area contributed by atoms with Crippen LogP contribution in [-0.2, 0) is 9.59 Å². The van der Waals surface area contributed by atoms with Crippen LogP contribution in [0.2, 0.25) is 0 Å². The van der Waals surface area contributed by atoms with Crippen LogP contribution in [0.15, 0.2) is 12.2 Å². The van der Waals surface area contributed by atoms with Gasteiger partial charge in [0.05, 0.1) is 12.0 Å². The summed E-state index contributed by atoms with van der Waals surface area (Å²) >= 11 is 0. The molecule has 0 spiro atoms. The van der Waals surface area contributed by atoms with Gasteiger partial charge >= 0.3 is 35.6 Å². The predicted octanol–water partition coefficient (Wildman–Crippen LogP) is 0.192. The molecule has 0 aliphatic rings. The zero-order valence-electron chi connectivity index (χ0n) is 20.0. The predicted molar refractivity (Wildman–Crippen MR) is 119 cm³/mol. The number of hydrogen-bond donors (Lipinski definition) is 3. The van der Waals surface area contributed by atoms with Gasteiger partial charge in [0.25, 0.3) is 0 Å². The van der Waals surface area contributed by atoms with Crippen molar-refractivity contribution in [2.45, 2.75) is 103 Å². The van der Waals surface area contributed by atoms with Crippen molar-refractivity contribution in [3.05, 3.63) is 12.2 Å². The monoisotopic (exact) mass is 447 g/mol. The van der Waals surface area contributed by atoms with Crippen molar-refractivity contribution in [2.24, 2.45) is 0 Å². The van der Waals surface area contributed by atoms with Gasteiger partial charge < -0.3 is 25.9 Å². The zero-order valence-corrected chi connectivity index (χ0v) is 22.0. The third kappa shape index (κ3) is 22.0. The molecule has 3 amide bonds. The van der Waals surface area contributed by atoms with Gasteiger partial charge in [-0.25, -0.2) is 4.79 Å². The van der Waals surface area contributed by atoms with Crippen molar-refractivity contribution in [2.75, 3.05) is 13.1 Å². The Kier molecular flexibility index (Phi) is 24.5. The molecule has 8 heteroatoms. The van der Waals surface area contributed by atoms with E-state index in [2.05, 4.69) is 35.0 Å². The Hall–Kier alpha value is -1.05. The van der Waals surface area contributed by atoms with Crippen molar-refractivity contribution >= 4 is 17.9 Å². The van der Waals surface area contributed by atoms with Crippen LogP contribution >= 0.6 is 0 Å². The van der Waals surface area contributed by atoms with Crippen LogP contribution in [0, 0.1) is 0 Å². The van der Waals surface area contributed by atoms with E-state index in [1.165, 1.54) is 0 Å². The Morgan fingerprint density at radius 1 is 0.806 bits per heavy atom. The average molecular weight is 448 g/mol. The molecule has 1 unspecified atom stereocenters. The number of nitrogens with one attached hydrogen (secondary N) is 3. The maximum atomic E-state index is 11.7. The fourth-order valence-corrected chi connectivity index (χ4v) is 2.96. The summed E-state index contributed by atoms with van der Waals surface area (Å²) < 4.78 is 0. The quantitative estimate of drug-likeness (QED) is 0.149. The average Bonchev–Trinajstić information content (AvgIpc) is 2.72. The number of hydrogen-bond acceptors (Lipinski definition) is 4. The number of amides is 3. The van der Waals surface area contributed by atoms with Gasteiger partial charge in [-0.05, 0) is 51.4 Å². The first-order chi connectivity index (χ1) is 14.5. The van der Waals surface area contributed by atoms with E-state index in [0.717, 1.165) is 77.2 Å². The molecule has 0 fully saturated rings. The summed E-state index contributed by atoms with van der Waals surface area (Å²) in [7, 11) is 0. The van der Waals surface area contributed by atoms with Gasteiger partial charge in [0.1, 0.15) is 0 Å². The van der Waals surface area contributed by atoms with Crippen LogP contribution in [0.1, 0.15) is 97.3 Å². The summed E-state index contributed by atoms with van der Waals surface area (Å²) in [4.78, 5) is 34.0. The van der Waals surface area contributed by atoms with Gasteiger partial charge in [0.2, 0.25) is 5.91 Å². The van der Waals surface area contributed by atoms with Crippen molar-refractivity contribution in [3.8, 4) is 0 Å². The van der Waals surface area contributed by atoms with Gasteiger partial charge in [-0.1, -0.05) is 51.7 Å². The van der Waals surface area contributed by atoms with E-state index in [1.54, 1.807) is 6.92 Å². The summed E-state index contributed by atoms with van der Waals surface area (Å²) in [6.07, 6.45) is 16.4. The molecule has 31 heavy (non-hydrogen) atoms. The summed E-state index contributed by atoms with van der Waals surface area (Å²) in [5.41, 5.74) is 0. The molecule has 0 saturated heterocycles. The second-order valence-corrected chi connectivity index (χ2v) is 7.66. The molecule has 3 N–H and O–H groups in total. The van der Waals surface area contributed by atoms with Gasteiger partial charge in [-0.2, -0.15) is 0 Å². The third-order valence-corrected chi connectivity index (χ3v) is 4.87. The fraction of sp³-hybridized carbons (Fsp3) is 0.783. The largest absolute Gasteiger partial charge is 1.00 e. The topological polar surface area (TPSA) is 110 Å². The van der Waals surface area contributed by atoms with E-state index in [1.807, 2.05) is 0 Å². The zero-order chi connectivity index (χ0) is 22.5.